The monoisotopic (exact) mass is 603 g/mol. The van der Waals surface area contributed by atoms with Crippen molar-refractivity contribution in [2.75, 3.05) is 0 Å². The van der Waals surface area contributed by atoms with E-state index in [0.29, 0.717) is 0 Å². The second-order valence-electron chi connectivity index (χ2n) is 11.8. The summed E-state index contributed by atoms with van der Waals surface area (Å²) in [6.07, 6.45) is 6.77. The molecule has 0 amide bonds. The minimum atomic E-state index is 1.02. The van der Waals surface area contributed by atoms with Crippen LogP contribution in [-0.2, 0) is 6.42 Å². The van der Waals surface area contributed by atoms with Crippen LogP contribution in [0.25, 0.3) is 76.7 Å². The van der Waals surface area contributed by atoms with E-state index in [1.807, 2.05) is 17.4 Å². The van der Waals surface area contributed by atoms with Crippen molar-refractivity contribution in [3.05, 3.63) is 169 Å². The summed E-state index contributed by atoms with van der Waals surface area (Å²) in [7, 11) is 0. The van der Waals surface area contributed by atoms with Gasteiger partial charge in [-0.3, -0.25) is 0 Å². The lowest BCUT2D eigenvalue weighted by molar-refractivity contribution is 0.997. The Hall–Kier alpha value is -5.62. The Morgan fingerprint density at radius 1 is 0.630 bits per heavy atom. The molecule has 9 rings (SSSR count). The first-order valence-electron chi connectivity index (χ1n) is 15.8. The molecule has 0 spiro atoms. The summed E-state index contributed by atoms with van der Waals surface area (Å²) in [5.41, 5.74) is 13.7. The molecule has 46 heavy (non-hydrogen) atoms. The van der Waals surface area contributed by atoms with Crippen molar-refractivity contribution in [2.45, 2.75) is 12.8 Å². The van der Waals surface area contributed by atoms with Crippen molar-refractivity contribution in [2.24, 2.45) is 0 Å². The molecular formula is C44H29NS. The van der Waals surface area contributed by atoms with Crippen molar-refractivity contribution >= 4 is 39.2 Å². The highest BCUT2D eigenvalue weighted by molar-refractivity contribution is 7.19. The standard InChI is InChI=1S/C44H29NS/c1-4-15-30(16-5-1)32-19-14-20-33(29-32)43-36-23-10-11-24-37(36)44(46-43)42-35(31-17-6-2-7-18-31)27-28-40-41(42)38-25-12-13-26-39(38)45(40)34-21-8-3-9-22-34/h1-6,8-10,12-17,19-23,25-29H,11,24H2. The van der Waals surface area contributed by atoms with Gasteiger partial charge in [0, 0.05) is 37.3 Å². The summed E-state index contributed by atoms with van der Waals surface area (Å²) in [6, 6.07) is 56.8. The van der Waals surface area contributed by atoms with Crippen LogP contribution < -0.4 is 0 Å². The molecule has 0 atom stereocenters. The maximum Gasteiger partial charge on any atom is 0.0548 e. The van der Waals surface area contributed by atoms with Crippen molar-refractivity contribution in [1.29, 1.82) is 0 Å². The normalized spacial score (nSPS) is 12.3. The maximum absolute atomic E-state index is 3.45. The minimum Gasteiger partial charge on any atom is -0.309 e. The van der Waals surface area contributed by atoms with Gasteiger partial charge >= 0.3 is 0 Å². The van der Waals surface area contributed by atoms with Crippen molar-refractivity contribution in [3.63, 3.8) is 0 Å². The number of thiophene rings is 1. The van der Waals surface area contributed by atoms with Crippen LogP contribution in [0.1, 0.15) is 17.5 Å². The zero-order chi connectivity index (χ0) is 30.5. The largest absolute Gasteiger partial charge is 0.309 e. The average Bonchev–Trinajstić information content (AvgIpc) is 3.69. The Morgan fingerprint density at radius 2 is 1.41 bits per heavy atom. The Labute approximate surface area is 273 Å². The fraction of sp³-hybridized carbons (Fsp3) is 0.0455. The van der Waals surface area contributed by atoms with Crippen LogP contribution in [-0.4, -0.2) is 4.57 Å². The smallest absolute Gasteiger partial charge is 0.0548 e. The van der Waals surface area contributed by atoms with Crippen molar-refractivity contribution in [3.8, 4) is 48.8 Å². The molecule has 0 bridgehead atoms. The highest BCUT2D eigenvalue weighted by Crippen LogP contribution is 2.51. The van der Waals surface area contributed by atoms with Gasteiger partial charge in [-0.15, -0.1) is 11.3 Å². The summed E-state index contributed by atoms with van der Waals surface area (Å²) in [4.78, 5) is 2.69. The van der Waals surface area contributed by atoms with Crippen molar-refractivity contribution < 1.29 is 0 Å². The summed E-state index contributed by atoms with van der Waals surface area (Å²) in [5.74, 6) is 0. The van der Waals surface area contributed by atoms with Gasteiger partial charge in [0.2, 0.25) is 0 Å². The van der Waals surface area contributed by atoms with E-state index in [0.717, 1.165) is 18.4 Å². The first-order valence-corrected chi connectivity index (χ1v) is 16.7. The van der Waals surface area contributed by atoms with E-state index >= 15 is 0 Å². The number of allylic oxidation sites excluding steroid dienone is 1. The number of nitrogens with zero attached hydrogens (tertiary/aromatic N) is 1. The molecule has 2 heterocycles. The third kappa shape index (κ3) is 4.32. The van der Waals surface area contributed by atoms with Gasteiger partial charge in [-0.2, -0.15) is 0 Å². The SMILES string of the molecule is c1cccc(-c2ccc3c(c2-c2sc(-c4cccc(-c5ccccc5)c4)c4c2CCC=C4)c2ccccc2n3-c2ccccc2)c#1. The number of para-hydroxylation sites is 2. The lowest BCUT2D eigenvalue weighted by Gasteiger charge is -2.15. The van der Waals surface area contributed by atoms with Gasteiger partial charge in [0.15, 0.2) is 0 Å². The molecule has 0 radical (unpaired) electrons. The highest BCUT2D eigenvalue weighted by Gasteiger charge is 2.26. The predicted molar refractivity (Wildman–Crippen MR) is 195 cm³/mol. The molecule has 0 fully saturated rings. The van der Waals surface area contributed by atoms with E-state index in [2.05, 4.69) is 162 Å². The highest BCUT2D eigenvalue weighted by atomic mass is 32.1. The Morgan fingerprint density at radius 3 is 2.26 bits per heavy atom. The fourth-order valence-corrected chi connectivity index (χ4v) is 8.50. The van der Waals surface area contributed by atoms with Crippen LogP contribution in [0.2, 0.25) is 0 Å². The van der Waals surface area contributed by atoms with Gasteiger partial charge in [-0.1, -0.05) is 121 Å². The Kier molecular flexibility index (Phi) is 6.44. The van der Waals surface area contributed by atoms with Crippen LogP contribution in [0.5, 0.6) is 0 Å². The summed E-state index contributed by atoms with van der Waals surface area (Å²) in [6.45, 7) is 0. The summed E-state index contributed by atoms with van der Waals surface area (Å²) in [5, 5.41) is 2.55. The van der Waals surface area contributed by atoms with Crippen LogP contribution in [0.15, 0.2) is 146 Å². The second-order valence-corrected chi connectivity index (χ2v) is 12.8. The Balaban J connectivity index is 1.37. The predicted octanol–water partition coefficient (Wildman–Crippen LogP) is 12.1. The third-order valence-electron chi connectivity index (χ3n) is 9.14. The molecule has 0 saturated carbocycles. The Bertz CT molecular complexity index is 2390. The van der Waals surface area contributed by atoms with Crippen LogP contribution in [0.4, 0.5) is 0 Å². The quantitative estimate of drug-likeness (QED) is 0.184. The number of aromatic nitrogens is 1. The average molecular weight is 604 g/mol. The fourth-order valence-electron chi connectivity index (χ4n) is 7.10. The molecule has 2 aromatic heterocycles. The van der Waals surface area contributed by atoms with Crippen LogP contribution in [0, 0.1) is 12.1 Å². The number of rotatable bonds is 5. The molecule has 1 nitrogen and oxygen atoms in total. The van der Waals surface area contributed by atoms with Crippen LogP contribution in [0.3, 0.4) is 0 Å². The van der Waals surface area contributed by atoms with E-state index in [1.54, 1.807) is 0 Å². The van der Waals surface area contributed by atoms with E-state index < -0.39 is 0 Å². The van der Waals surface area contributed by atoms with Gasteiger partial charge in [0.05, 0.1) is 11.0 Å². The number of hydrogen-bond donors (Lipinski definition) is 0. The molecule has 8 aromatic rings. The zero-order valence-corrected chi connectivity index (χ0v) is 26.0. The molecule has 0 unspecified atom stereocenters. The molecule has 1 aliphatic rings. The number of fused-ring (bicyclic) bond motifs is 4. The van der Waals surface area contributed by atoms with Gasteiger partial charge in [-0.25, -0.2) is 0 Å². The van der Waals surface area contributed by atoms with Gasteiger partial charge in [0.1, 0.15) is 0 Å². The lowest BCUT2D eigenvalue weighted by atomic mass is 9.89. The second kappa shape index (κ2) is 11.1. The summed E-state index contributed by atoms with van der Waals surface area (Å²) < 4.78 is 2.42. The molecule has 0 saturated heterocycles. The zero-order valence-electron chi connectivity index (χ0n) is 25.2. The minimum absolute atomic E-state index is 1.02. The molecule has 6 aromatic carbocycles. The molecule has 216 valence electrons. The van der Waals surface area contributed by atoms with Crippen molar-refractivity contribution in [1.82, 2.24) is 4.57 Å². The molecule has 1 aliphatic carbocycles. The molecule has 0 aliphatic heterocycles. The molecular weight excluding hydrogens is 575 g/mol. The van der Waals surface area contributed by atoms with E-state index in [4.69, 9.17) is 0 Å². The maximum atomic E-state index is 3.45. The van der Waals surface area contributed by atoms with Gasteiger partial charge in [0.25, 0.3) is 0 Å². The van der Waals surface area contributed by atoms with E-state index in [1.165, 1.54) is 76.2 Å². The first kappa shape index (κ1) is 26.8. The lowest BCUT2D eigenvalue weighted by Crippen LogP contribution is -1.96. The van der Waals surface area contributed by atoms with E-state index in [9.17, 15) is 0 Å². The third-order valence-corrected chi connectivity index (χ3v) is 10.5. The summed E-state index contributed by atoms with van der Waals surface area (Å²) >= 11 is 1.94. The van der Waals surface area contributed by atoms with Gasteiger partial charge < -0.3 is 4.57 Å². The molecule has 0 N–H and O–H groups in total. The number of benzene rings is 5. The first-order chi connectivity index (χ1) is 22.8. The topological polar surface area (TPSA) is 4.93 Å². The van der Waals surface area contributed by atoms with Gasteiger partial charge in [-0.05, 0) is 88.7 Å². The van der Waals surface area contributed by atoms with E-state index in [-0.39, 0.29) is 0 Å². The number of hydrogen-bond acceptors (Lipinski definition) is 1. The molecule has 2 heteroatoms. The van der Waals surface area contributed by atoms with Crippen LogP contribution >= 0.6 is 11.3 Å².